The van der Waals surface area contributed by atoms with E-state index in [1.54, 1.807) is 40.3 Å². The molecule has 4 aromatic rings. The SMILES string of the molecule is O=C(NN=Cc1cn(-c2ccccc2)nc1-c1cccs1)C(O)c1ccccc1. The number of hydrogen-bond acceptors (Lipinski definition) is 5. The number of nitrogens with zero attached hydrogens (tertiary/aromatic N) is 3. The molecule has 1 unspecified atom stereocenters. The van der Waals surface area contributed by atoms with Crippen LogP contribution in [0.5, 0.6) is 0 Å². The van der Waals surface area contributed by atoms with Crippen LogP contribution in [0.15, 0.2) is 89.5 Å². The van der Waals surface area contributed by atoms with E-state index < -0.39 is 12.0 Å². The number of amides is 1. The summed E-state index contributed by atoms with van der Waals surface area (Å²) >= 11 is 1.58. The van der Waals surface area contributed by atoms with Gasteiger partial charge in [-0.2, -0.15) is 10.2 Å². The van der Waals surface area contributed by atoms with Crippen molar-refractivity contribution < 1.29 is 9.90 Å². The standard InChI is InChI=1S/C22H18N4O2S/c27-21(16-8-3-1-4-9-16)22(28)24-23-14-17-15-26(18-10-5-2-6-11-18)25-20(17)19-12-7-13-29-19/h1-15,21,27H,(H,24,28). The third-order valence-corrected chi connectivity index (χ3v) is 5.14. The average Bonchev–Trinajstić information content (AvgIpc) is 3.44. The zero-order chi connectivity index (χ0) is 20.1. The van der Waals surface area contributed by atoms with Crippen molar-refractivity contribution in [2.24, 2.45) is 5.10 Å². The van der Waals surface area contributed by atoms with Crippen LogP contribution >= 0.6 is 11.3 Å². The van der Waals surface area contributed by atoms with Crippen molar-refractivity contribution in [3.05, 3.63) is 95.5 Å². The minimum atomic E-state index is -1.28. The van der Waals surface area contributed by atoms with Crippen LogP contribution < -0.4 is 5.43 Å². The lowest BCUT2D eigenvalue weighted by atomic mass is 10.1. The first-order chi connectivity index (χ1) is 14.2. The van der Waals surface area contributed by atoms with Crippen molar-refractivity contribution in [1.29, 1.82) is 0 Å². The summed E-state index contributed by atoms with van der Waals surface area (Å²) in [5.41, 5.74) is 5.36. The van der Waals surface area contributed by atoms with E-state index in [0.717, 1.165) is 21.8 Å². The van der Waals surface area contributed by atoms with Gasteiger partial charge in [-0.25, -0.2) is 10.1 Å². The van der Waals surface area contributed by atoms with E-state index >= 15 is 0 Å². The maximum atomic E-state index is 12.2. The summed E-state index contributed by atoms with van der Waals surface area (Å²) in [5.74, 6) is -0.597. The highest BCUT2D eigenvalue weighted by atomic mass is 32.1. The van der Waals surface area contributed by atoms with Crippen LogP contribution in [0.25, 0.3) is 16.3 Å². The largest absolute Gasteiger partial charge is 0.378 e. The van der Waals surface area contributed by atoms with Crippen LogP contribution in [0.3, 0.4) is 0 Å². The molecule has 2 heterocycles. The molecule has 1 amide bonds. The van der Waals surface area contributed by atoms with Crippen LogP contribution in [-0.4, -0.2) is 27.0 Å². The number of benzene rings is 2. The van der Waals surface area contributed by atoms with Gasteiger partial charge in [0.2, 0.25) is 0 Å². The highest BCUT2D eigenvalue weighted by Gasteiger charge is 2.16. The maximum absolute atomic E-state index is 12.2. The molecule has 2 N–H and O–H groups in total. The lowest BCUT2D eigenvalue weighted by molar-refractivity contribution is -0.129. The van der Waals surface area contributed by atoms with E-state index in [2.05, 4.69) is 15.6 Å². The van der Waals surface area contributed by atoms with Gasteiger partial charge in [0.15, 0.2) is 6.10 Å². The Kier molecular flexibility index (Phi) is 5.60. The molecule has 2 aromatic carbocycles. The highest BCUT2D eigenvalue weighted by Crippen LogP contribution is 2.26. The Morgan fingerprint density at radius 3 is 2.48 bits per heavy atom. The maximum Gasteiger partial charge on any atom is 0.273 e. The smallest absolute Gasteiger partial charge is 0.273 e. The minimum absolute atomic E-state index is 0.511. The fourth-order valence-electron chi connectivity index (χ4n) is 2.81. The number of carbonyl (C=O) groups excluding carboxylic acids is 1. The summed E-state index contributed by atoms with van der Waals surface area (Å²) in [6.45, 7) is 0. The Hall–Kier alpha value is -3.55. The quantitative estimate of drug-likeness (QED) is 0.380. The monoisotopic (exact) mass is 402 g/mol. The number of hydrogen-bond donors (Lipinski definition) is 2. The van der Waals surface area contributed by atoms with Gasteiger partial charge >= 0.3 is 0 Å². The first-order valence-electron chi connectivity index (χ1n) is 8.97. The van der Waals surface area contributed by atoms with E-state index in [1.807, 2.05) is 60.1 Å². The van der Waals surface area contributed by atoms with Gasteiger partial charge in [0.1, 0.15) is 5.69 Å². The summed E-state index contributed by atoms with van der Waals surface area (Å²) in [7, 11) is 0. The lowest BCUT2D eigenvalue weighted by Crippen LogP contribution is -2.25. The van der Waals surface area contributed by atoms with E-state index in [0.29, 0.717) is 5.56 Å². The molecule has 0 aliphatic rings. The van der Waals surface area contributed by atoms with Crippen molar-refractivity contribution in [3.63, 3.8) is 0 Å². The minimum Gasteiger partial charge on any atom is -0.378 e. The second-order valence-electron chi connectivity index (χ2n) is 6.24. The molecule has 0 radical (unpaired) electrons. The Morgan fingerprint density at radius 1 is 1.07 bits per heavy atom. The summed E-state index contributed by atoms with van der Waals surface area (Å²) < 4.78 is 1.77. The third kappa shape index (κ3) is 4.31. The predicted octanol–water partition coefficient (Wildman–Crippen LogP) is 3.78. The molecule has 0 saturated heterocycles. The predicted molar refractivity (Wildman–Crippen MR) is 114 cm³/mol. The van der Waals surface area contributed by atoms with E-state index in [-0.39, 0.29) is 0 Å². The molecule has 6 nitrogen and oxygen atoms in total. The first kappa shape index (κ1) is 18.8. The van der Waals surface area contributed by atoms with E-state index in [9.17, 15) is 9.90 Å². The molecule has 4 rings (SSSR count). The number of rotatable bonds is 6. The number of aliphatic hydroxyl groups is 1. The zero-order valence-corrected chi connectivity index (χ0v) is 16.2. The zero-order valence-electron chi connectivity index (χ0n) is 15.3. The van der Waals surface area contributed by atoms with Gasteiger partial charge in [-0.15, -0.1) is 11.3 Å². The van der Waals surface area contributed by atoms with Gasteiger partial charge in [-0.1, -0.05) is 54.6 Å². The molecule has 0 bridgehead atoms. The van der Waals surface area contributed by atoms with E-state index in [1.165, 1.54) is 6.21 Å². The molecular weight excluding hydrogens is 384 g/mol. The fourth-order valence-corrected chi connectivity index (χ4v) is 3.54. The van der Waals surface area contributed by atoms with Gasteiger partial charge in [0.05, 0.1) is 16.8 Å². The van der Waals surface area contributed by atoms with Crippen LogP contribution in [0.1, 0.15) is 17.2 Å². The highest BCUT2D eigenvalue weighted by molar-refractivity contribution is 7.13. The number of hydrazone groups is 1. The molecule has 1 atom stereocenters. The van der Waals surface area contributed by atoms with Crippen molar-refractivity contribution in [1.82, 2.24) is 15.2 Å². The molecule has 0 aliphatic heterocycles. The number of aliphatic hydroxyl groups excluding tert-OH is 1. The molecule has 29 heavy (non-hydrogen) atoms. The number of nitrogens with one attached hydrogen (secondary N) is 1. The summed E-state index contributed by atoms with van der Waals surface area (Å²) in [6.07, 6.45) is 2.11. The molecule has 0 saturated carbocycles. The molecule has 7 heteroatoms. The first-order valence-corrected chi connectivity index (χ1v) is 9.85. The normalized spacial score (nSPS) is 12.2. The van der Waals surface area contributed by atoms with Crippen LogP contribution in [-0.2, 0) is 4.79 Å². The lowest BCUT2D eigenvalue weighted by Gasteiger charge is -2.08. The van der Waals surface area contributed by atoms with E-state index in [4.69, 9.17) is 0 Å². The van der Waals surface area contributed by atoms with Crippen molar-refractivity contribution in [3.8, 4) is 16.3 Å². The second-order valence-corrected chi connectivity index (χ2v) is 7.19. The van der Waals surface area contributed by atoms with Crippen molar-refractivity contribution in [2.75, 3.05) is 0 Å². The van der Waals surface area contributed by atoms with Gasteiger partial charge in [-0.05, 0) is 29.1 Å². The Labute approximate surface area is 171 Å². The number of carbonyl (C=O) groups is 1. The van der Waals surface area contributed by atoms with Crippen LogP contribution in [0.4, 0.5) is 0 Å². The van der Waals surface area contributed by atoms with Crippen molar-refractivity contribution >= 4 is 23.5 Å². The summed E-state index contributed by atoms with van der Waals surface area (Å²) in [4.78, 5) is 13.2. The summed E-state index contributed by atoms with van der Waals surface area (Å²) in [5, 5.41) is 20.8. The van der Waals surface area contributed by atoms with Gasteiger partial charge < -0.3 is 5.11 Å². The molecule has 144 valence electrons. The van der Waals surface area contributed by atoms with Gasteiger partial charge in [0.25, 0.3) is 5.91 Å². The van der Waals surface area contributed by atoms with Gasteiger partial charge in [0, 0.05) is 11.8 Å². The van der Waals surface area contributed by atoms with Crippen LogP contribution in [0.2, 0.25) is 0 Å². The molecule has 0 aliphatic carbocycles. The number of para-hydroxylation sites is 1. The molecule has 0 fully saturated rings. The molecule has 0 spiro atoms. The fraction of sp³-hybridized carbons (Fsp3) is 0.0455. The Bertz CT molecular complexity index is 1110. The van der Waals surface area contributed by atoms with Gasteiger partial charge in [-0.3, -0.25) is 4.79 Å². The van der Waals surface area contributed by atoms with Crippen LogP contribution in [0, 0.1) is 0 Å². The summed E-state index contributed by atoms with van der Waals surface area (Å²) in [6, 6.07) is 22.4. The number of thiophene rings is 1. The average molecular weight is 402 g/mol. The topological polar surface area (TPSA) is 79.5 Å². The Balaban J connectivity index is 1.56. The second kappa shape index (κ2) is 8.64. The Morgan fingerprint density at radius 2 is 1.79 bits per heavy atom. The molecular formula is C22H18N4O2S. The molecule has 2 aromatic heterocycles. The third-order valence-electron chi connectivity index (χ3n) is 4.26. The van der Waals surface area contributed by atoms with Crippen molar-refractivity contribution in [2.45, 2.75) is 6.10 Å². The number of aromatic nitrogens is 2.